The van der Waals surface area contributed by atoms with Gasteiger partial charge in [-0.2, -0.15) is 0 Å². The van der Waals surface area contributed by atoms with Crippen LogP contribution in [-0.2, 0) is 9.59 Å². The van der Waals surface area contributed by atoms with Crippen LogP contribution >= 0.6 is 0 Å². The molecule has 0 rings (SSSR count). The van der Waals surface area contributed by atoms with Gasteiger partial charge in [-0.3, -0.25) is 4.79 Å². The summed E-state index contributed by atoms with van der Waals surface area (Å²) in [5.74, 6) is -2.85. The third-order valence-electron chi connectivity index (χ3n) is 0.653. The fourth-order valence-corrected chi connectivity index (χ4v) is 0.253. The van der Waals surface area contributed by atoms with Gasteiger partial charge in [0.05, 0.1) is 6.42 Å². The van der Waals surface area contributed by atoms with E-state index in [9.17, 15) is 9.59 Å². The van der Waals surface area contributed by atoms with Crippen molar-refractivity contribution in [3.8, 4) is 0 Å². The van der Waals surface area contributed by atoms with Crippen LogP contribution in [0, 0.1) is 0 Å². The maximum absolute atomic E-state index is 9.72. The van der Waals surface area contributed by atoms with Gasteiger partial charge >= 0.3 is 39.2 Å². The molecule has 1 unspecified atom stereocenters. The van der Waals surface area contributed by atoms with Gasteiger partial charge in [0.15, 0.2) is 6.10 Å². The molecule has 6 heteroatoms. The Morgan fingerprint density at radius 2 is 1.70 bits per heavy atom. The van der Waals surface area contributed by atoms with Crippen LogP contribution in [0.15, 0.2) is 0 Å². The summed E-state index contributed by atoms with van der Waals surface area (Å²) >= 11 is 0. The molecular formula is C4H8O5Pb. The van der Waals surface area contributed by atoms with Gasteiger partial charge in [0.1, 0.15) is 0 Å². The summed E-state index contributed by atoms with van der Waals surface area (Å²) in [7, 11) is 0. The van der Waals surface area contributed by atoms with Crippen LogP contribution in [-0.4, -0.2) is 60.7 Å². The standard InChI is InChI=1S/C4H6O5.Pb.2H/c5-2(4(8)9)1-3(6)7;;;/h2,5H,1H2,(H,6,7)(H,8,9);;;. The van der Waals surface area contributed by atoms with E-state index in [1.807, 2.05) is 0 Å². The number of hydrogen-bond donors (Lipinski definition) is 3. The van der Waals surface area contributed by atoms with Crippen molar-refractivity contribution in [2.75, 3.05) is 0 Å². The average Bonchev–Trinajstić information content (AvgIpc) is 1.63. The van der Waals surface area contributed by atoms with Gasteiger partial charge in [-0.25, -0.2) is 4.79 Å². The van der Waals surface area contributed by atoms with Crippen LogP contribution in [0.2, 0.25) is 0 Å². The van der Waals surface area contributed by atoms with Crippen molar-refractivity contribution in [3.05, 3.63) is 0 Å². The molecule has 0 aromatic carbocycles. The minimum atomic E-state index is -1.79. The number of carboxylic acids is 2. The second kappa shape index (κ2) is 5.60. The van der Waals surface area contributed by atoms with E-state index in [-0.39, 0.29) is 27.3 Å². The first-order chi connectivity index (χ1) is 4.04. The molecule has 0 saturated heterocycles. The third kappa shape index (κ3) is 5.95. The van der Waals surface area contributed by atoms with Crippen molar-refractivity contribution < 1.29 is 24.9 Å². The molecule has 0 fully saturated rings. The molecule has 1 atom stereocenters. The molecule has 10 heavy (non-hydrogen) atoms. The molecule has 0 spiro atoms. The Labute approximate surface area is 76.8 Å². The summed E-state index contributed by atoms with van der Waals surface area (Å²) in [6.45, 7) is 0. The molecule has 0 amide bonds. The van der Waals surface area contributed by atoms with Crippen LogP contribution in [0.4, 0.5) is 0 Å². The van der Waals surface area contributed by atoms with E-state index in [0.29, 0.717) is 0 Å². The van der Waals surface area contributed by atoms with Crippen LogP contribution in [0.25, 0.3) is 0 Å². The zero-order chi connectivity index (χ0) is 7.44. The fraction of sp³-hybridized carbons (Fsp3) is 0.500. The molecular weight excluding hydrogens is 335 g/mol. The summed E-state index contributed by atoms with van der Waals surface area (Å²) in [5.41, 5.74) is 0. The van der Waals surface area contributed by atoms with E-state index in [4.69, 9.17) is 15.3 Å². The number of carbonyl (C=O) groups is 2. The predicted molar refractivity (Wildman–Crippen MR) is 34.4 cm³/mol. The number of aliphatic hydroxyl groups excluding tert-OH is 1. The van der Waals surface area contributed by atoms with E-state index < -0.39 is 24.5 Å². The zero-order valence-corrected chi connectivity index (χ0v) is 10.6. The molecule has 0 bridgehead atoms. The molecule has 0 aliphatic carbocycles. The first-order valence-electron chi connectivity index (χ1n) is 2.16. The van der Waals surface area contributed by atoms with E-state index in [1.54, 1.807) is 0 Å². The van der Waals surface area contributed by atoms with Crippen LogP contribution in [0.1, 0.15) is 6.42 Å². The number of carboxylic acid groups (broad SMARTS) is 2. The fourth-order valence-electron chi connectivity index (χ4n) is 0.253. The quantitative estimate of drug-likeness (QED) is 0.515. The number of aliphatic carboxylic acids is 2. The Morgan fingerprint density at radius 1 is 1.30 bits per heavy atom. The minimum absolute atomic E-state index is 0. The van der Waals surface area contributed by atoms with Crippen LogP contribution in [0.5, 0.6) is 0 Å². The summed E-state index contributed by atoms with van der Waals surface area (Å²) in [4.78, 5) is 19.4. The third-order valence-corrected chi connectivity index (χ3v) is 0.653. The second-order valence-electron chi connectivity index (χ2n) is 1.45. The molecule has 5 nitrogen and oxygen atoms in total. The van der Waals surface area contributed by atoms with Gasteiger partial charge in [0.2, 0.25) is 0 Å². The molecule has 0 saturated carbocycles. The number of aliphatic hydroxyl groups is 1. The molecule has 3 N–H and O–H groups in total. The first-order valence-corrected chi connectivity index (χ1v) is 2.16. The van der Waals surface area contributed by atoms with Crippen LogP contribution in [0.3, 0.4) is 0 Å². The second-order valence-corrected chi connectivity index (χ2v) is 1.45. The Hall–Kier alpha value is -0.178. The Morgan fingerprint density at radius 3 is 1.80 bits per heavy atom. The van der Waals surface area contributed by atoms with Crippen molar-refractivity contribution in [1.29, 1.82) is 0 Å². The summed E-state index contributed by atoms with van der Waals surface area (Å²) in [6.07, 6.45) is -2.54. The van der Waals surface area contributed by atoms with E-state index in [0.717, 1.165) is 0 Å². The summed E-state index contributed by atoms with van der Waals surface area (Å²) in [6, 6.07) is 0. The summed E-state index contributed by atoms with van der Waals surface area (Å²) < 4.78 is 0. The Bertz CT molecular complexity index is 134. The predicted octanol–water partition coefficient (Wildman–Crippen LogP) is -2.01. The molecule has 58 valence electrons. The Kier molecular flexibility index (Phi) is 6.99. The van der Waals surface area contributed by atoms with Crippen molar-refractivity contribution in [2.24, 2.45) is 0 Å². The van der Waals surface area contributed by atoms with Crippen molar-refractivity contribution in [1.82, 2.24) is 0 Å². The topological polar surface area (TPSA) is 94.8 Å². The molecule has 0 heterocycles. The average molecular weight is 343 g/mol. The monoisotopic (exact) mass is 344 g/mol. The molecule has 0 aromatic heterocycles. The van der Waals surface area contributed by atoms with E-state index in [1.165, 1.54) is 0 Å². The van der Waals surface area contributed by atoms with Gasteiger partial charge in [0, 0.05) is 0 Å². The van der Waals surface area contributed by atoms with Crippen molar-refractivity contribution in [3.63, 3.8) is 0 Å². The van der Waals surface area contributed by atoms with Gasteiger partial charge in [-0.1, -0.05) is 0 Å². The Balaban J connectivity index is 0. The zero-order valence-electron chi connectivity index (χ0n) is 5.15. The first kappa shape index (κ1) is 12.5. The van der Waals surface area contributed by atoms with E-state index in [2.05, 4.69) is 0 Å². The summed E-state index contributed by atoms with van der Waals surface area (Å²) in [5, 5.41) is 24.1. The van der Waals surface area contributed by atoms with Gasteiger partial charge in [0.25, 0.3) is 0 Å². The molecule has 0 aliphatic rings. The molecule has 0 aliphatic heterocycles. The van der Waals surface area contributed by atoms with Crippen molar-refractivity contribution >= 4 is 39.2 Å². The molecule has 0 aromatic rings. The van der Waals surface area contributed by atoms with Crippen LogP contribution < -0.4 is 0 Å². The van der Waals surface area contributed by atoms with Gasteiger partial charge < -0.3 is 15.3 Å². The van der Waals surface area contributed by atoms with Crippen molar-refractivity contribution in [2.45, 2.75) is 12.5 Å². The number of hydrogen-bond acceptors (Lipinski definition) is 3. The maximum atomic E-state index is 9.72. The number of rotatable bonds is 3. The normalized spacial score (nSPS) is 11.3. The SMILES string of the molecule is O=C(O)CC(O)C(=O)O.[PbH2]. The molecule has 2 radical (unpaired) electrons. The van der Waals surface area contributed by atoms with Gasteiger partial charge in [-0.15, -0.1) is 0 Å². The van der Waals surface area contributed by atoms with Gasteiger partial charge in [-0.05, 0) is 0 Å². The van der Waals surface area contributed by atoms with E-state index >= 15 is 0 Å².